The highest BCUT2D eigenvalue weighted by Gasteiger charge is 2.41. The van der Waals surface area contributed by atoms with Gasteiger partial charge >= 0.3 is 0 Å². The van der Waals surface area contributed by atoms with Crippen molar-refractivity contribution in [2.24, 2.45) is 0 Å². The van der Waals surface area contributed by atoms with Crippen LogP contribution in [0.2, 0.25) is 0 Å². The van der Waals surface area contributed by atoms with Gasteiger partial charge in [-0.3, -0.25) is 0 Å². The highest BCUT2D eigenvalue weighted by Crippen LogP contribution is 2.50. The highest BCUT2D eigenvalue weighted by atomic mass is 16.5. The number of ether oxygens (including phenoxy) is 1. The van der Waals surface area contributed by atoms with Gasteiger partial charge in [-0.15, -0.1) is 0 Å². The number of hydrogen-bond donors (Lipinski definition) is 1. The maximum absolute atomic E-state index is 6.13. The van der Waals surface area contributed by atoms with Crippen LogP contribution in [-0.4, -0.2) is 12.6 Å². The summed E-state index contributed by atoms with van der Waals surface area (Å²) in [7, 11) is 1.77. The van der Waals surface area contributed by atoms with Gasteiger partial charge in [0.2, 0.25) is 0 Å². The van der Waals surface area contributed by atoms with Gasteiger partial charge in [0.05, 0.1) is 18.1 Å². The van der Waals surface area contributed by atoms with Crippen LogP contribution >= 0.6 is 0 Å². The van der Waals surface area contributed by atoms with Crippen molar-refractivity contribution in [3.8, 4) is 5.75 Å². The fourth-order valence-corrected chi connectivity index (χ4v) is 5.50. The minimum absolute atomic E-state index is 0.127. The summed E-state index contributed by atoms with van der Waals surface area (Å²) in [6, 6.07) is 36.8. The van der Waals surface area contributed by atoms with E-state index in [0.717, 1.165) is 17.0 Å². The number of anilines is 1. The number of methoxy groups -OCH3 is 1. The number of fused-ring (bicyclic) bond motifs is 1. The first-order valence-electron chi connectivity index (χ1n) is 11.8. The van der Waals surface area contributed by atoms with Crippen LogP contribution in [0.5, 0.6) is 5.75 Å². The molecule has 0 atom stereocenters. The zero-order valence-electron chi connectivity index (χ0n) is 20.3. The summed E-state index contributed by atoms with van der Waals surface area (Å²) >= 11 is 0. The number of hydrogen-bond acceptors (Lipinski definition) is 2. The first-order chi connectivity index (χ1) is 16.5. The van der Waals surface area contributed by atoms with E-state index in [1.807, 2.05) is 0 Å². The minimum Gasteiger partial charge on any atom is -0.496 e. The Morgan fingerprint density at radius 2 is 1.18 bits per heavy atom. The maximum Gasteiger partial charge on any atom is 0.124 e. The van der Waals surface area contributed by atoms with Crippen molar-refractivity contribution in [1.82, 2.24) is 0 Å². The van der Waals surface area contributed by atoms with Crippen molar-refractivity contribution in [2.75, 3.05) is 12.4 Å². The lowest BCUT2D eigenvalue weighted by molar-refractivity contribution is 0.405. The predicted octanol–water partition coefficient (Wildman–Crippen LogP) is 7.69. The van der Waals surface area contributed by atoms with Crippen molar-refractivity contribution in [3.63, 3.8) is 0 Å². The van der Waals surface area contributed by atoms with Crippen molar-refractivity contribution in [2.45, 2.75) is 31.7 Å². The summed E-state index contributed by atoms with van der Waals surface area (Å²) in [4.78, 5) is 0. The Bertz CT molecular complexity index is 1230. The summed E-state index contributed by atoms with van der Waals surface area (Å²) in [5.41, 5.74) is 7.62. The molecule has 1 aliphatic heterocycles. The summed E-state index contributed by atoms with van der Waals surface area (Å²) in [5, 5.41) is 3.75. The largest absolute Gasteiger partial charge is 0.496 e. The average Bonchev–Trinajstić information content (AvgIpc) is 2.85. The van der Waals surface area contributed by atoms with Gasteiger partial charge in [0.25, 0.3) is 0 Å². The Morgan fingerprint density at radius 1 is 0.706 bits per heavy atom. The Labute approximate surface area is 202 Å². The van der Waals surface area contributed by atoms with Gasteiger partial charge in [0, 0.05) is 16.8 Å². The van der Waals surface area contributed by atoms with E-state index in [9.17, 15) is 0 Å². The molecule has 4 aromatic rings. The zero-order valence-corrected chi connectivity index (χ0v) is 20.3. The number of rotatable bonds is 5. The summed E-state index contributed by atoms with van der Waals surface area (Å²) in [5.74, 6) is 0.879. The molecule has 34 heavy (non-hydrogen) atoms. The topological polar surface area (TPSA) is 21.3 Å². The molecule has 0 saturated carbocycles. The molecule has 0 saturated heterocycles. The van der Waals surface area contributed by atoms with Gasteiger partial charge < -0.3 is 10.1 Å². The molecule has 0 spiro atoms. The summed E-state index contributed by atoms with van der Waals surface area (Å²) in [6.45, 7) is 6.60. The van der Waals surface area contributed by atoms with Crippen LogP contribution in [0.15, 0.2) is 109 Å². The lowest BCUT2D eigenvalue weighted by Gasteiger charge is -2.39. The van der Waals surface area contributed by atoms with Crippen LogP contribution in [0.25, 0.3) is 5.57 Å². The lowest BCUT2D eigenvalue weighted by atomic mass is 9.64. The van der Waals surface area contributed by atoms with Crippen molar-refractivity contribution >= 4 is 11.3 Å². The van der Waals surface area contributed by atoms with Crippen molar-refractivity contribution < 1.29 is 4.74 Å². The second-order valence-electron chi connectivity index (χ2n) is 9.62. The molecule has 0 aromatic heterocycles. The minimum atomic E-state index is -0.551. The monoisotopic (exact) mass is 445 g/mol. The van der Waals surface area contributed by atoms with Gasteiger partial charge in [-0.05, 0) is 55.2 Å². The van der Waals surface area contributed by atoms with Crippen LogP contribution in [0, 0.1) is 0 Å². The van der Waals surface area contributed by atoms with Gasteiger partial charge in [0.15, 0.2) is 0 Å². The number of nitrogens with one attached hydrogen (secondary N) is 1. The third-order valence-corrected chi connectivity index (χ3v) is 6.82. The molecule has 5 rings (SSSR count). The van der Waals surface area contributed by atoms with Crippen molar-refractivity contribution in [3.05, 3.63) is 137 Å². The molecule has 4 aromatic carbocycles. The smallest absolute Gasteiger partial charge is 0.124 e. The first kappa shape index (κ1) is 22.0. The molecule has 2 heteroatoms. The van der Waals surface area contributed by atoms with E-state index in [2.05, 4.69) is 135 Å². The quantitative estimate of drug-likeness (QED) is 0.318. The van der Waals surface area contributed by atoms with Gasteiger partial charge in [-0.2, -0.15) is 0 Å². The van der Waals surface area contributed by atoms with Crippen LogP contribution in [0.1, 0.15) is 48.6 Å². The van der Waals surface area contributed by atoms with Gasteiger partial charge in [-0.25, -0.2) is 0 Å². The van der Waals surface area contributed by atoms with Crippen LogP contribution in [-0.2, 0) is 5.41 Å². The number of allylic oxidation sites excluding steroid dienone is 1. The molecule has 170 valence electrons. The van der Waals surface area contributed by atoms with E-state index in [1.54, 1.807) is 7.11 Å². The fourth-order valence-electron chi connectivity index (χ4n) is 5.50. The molecule has 0 fully saturated rings. The van der Waals surface area contributed by atoms with E-state index < -0.39 is 5.41 Å². The molecule has 1 aliphatic rings. The van der Waals surface area contributed by atoms with E-state index in [0.29, 0.717) is 0 Å². The van der Waals surface area contributed by atoms with Gasteiger partial charge in [0.1, 0.15) is 5.75 Å². The summed E-state index contributed by atoms with van der Waals surface area (Å²) in [6.07, 6.45) is 2.29. The summed E-state index contributed by atoms with van der Waals surface area (Å²) < 4.78 is 6.13. The molecule has 1 heterocycles. The predicted molar refractivity (Wildman–Crippen MR) is 143 cm³/mol. The lowest BCUT2D eigenvalue weighted by Crippen LogP contribution is -2.34. The third-order valence-electron chi connectivity index (χ3n) is 6.82. The molecular formula is C32H31NO. The van der Waals surface area contributed by atoms with Gasteiger partial charge in [-0.1, -0.05) is 97.1 Å². The molecule has 0 amide bonds. The average molecular weight is 446 g/mol. The Kier molecular flexibility index (Phi) is 5.53. The molecule has 0 bridgehead atoms. The van der Waals surface area contributed by atoms with E-state index in [-0.39, 0.29) is 5.54 Å². The Morgan fingerprint density at radius 3 is 1.62 bits per heavy atom. The van der Waals surface area contributed by atoms with Crippen molar-refractivity contribution in [1.29, 1.82) is 0 Å². The van der Waals surface area contributed by atoms with E-state index >= 15 is 0 Å². The van der Waals surface area contributed by atoms with E-state index in [4.69, 9.17) is 4.74 Å². The second-order valence-corrected chi connectivity index (χ2v) is 9.62. The van der Waals surface area contributed by atoms with Crippen LogP contribution in [0.3, 0.4) is 0 Å². The normalized spacial score (nSPS) is 14.5. The molecule has 2 nitrogen and oxygen atoms in total. The SMILES string of the molecule is COc1cc2c(cc1C(c1ccccc1)(c1ccccc1)c1ccccc1)NC(C)(C)C=C2C. The first-order valence-corrected chi connectivity index (χ1v) is 11.8. The third kappa shape index (κ3) is 3.60. The number of benzene rings is 4. The molecular weight excluding hydrogens is 414 g/mol. The standard InChI is InChI=1S/C32H31NO/c1-23-22-31(2,3)33-29-21-28(30(34-4)20-27(23)29)32(24-14-8-5-9-15-24,25-16-10-6-11-17-25)26-18-12-7-13-19-26/h5-22,33H,1-4H3. The van der Waals surface area contributed by atoms with E-state index in [1.165, 1.54) is 27.8 Å². The fraction of sp³-hybridized carbons (Fsp3) is 0.188. The molecule has 0 aliphatic carbocycles. The molecule has 1 N–H and O–H groups in total. The maximum atomic E-state index is 6.13. The van der Waals surface area contributed by atoms with Crippen LogP contribution < -0.4 is 10.1 Å². The Hall–Kier alpha value is -3.78. The molecule has 0 unspecified atom stereocenters. The highest BCUT2D eigenvalue weighted by molar-refractivity contribution is 5.83. The second kappa shape index (κ2) is 8.53. The Balaban J connectivity index is 1.92. The van der Waals surface area contributed by atoms with Crippen LogP contribution in [0.4, 0.5) is 5.69 Å². The zero-order chi connectivity index (χ0) is 23.8. The molecule has 0 radical (unpaired) electrons.